The monoisotopic (exact) mass is 205 g/mol. The van der Waals surface area contributed by atoms with Crippen LogP contribution in [0.15, 0.2) is 0 Å². The molecule has 0 aromatic heterocycles. The third-order valence-electron chi connectivity index (χ3n) is 4.77. The topological polar surface area (TPSA) is 23.8 Å². The number of nitrogens with zero attached hydrogens (tertiary/aromatic N) is 1. The van der Waals surface area contributed by atoms with Crippen LogP contribution in [0, 0.1) is 28.6 Å². The van der Waals surface area contributed by atoms with Crippen LogP contribution >= 0.6 is 0 Å². The van der Waals surface area contributed by atoms with Crippen LogP contribution in [0.1, 0.15) is 64.7 Å². The predicted octanol–water partition coefficient (Wildman–Crippen LogP) is 4.29. The third kappa shape index (κ3) is 2.19. The molecule has 2 aliphatic rings. The lowest BCUT2D eigenvalue weighted by Crippen LogP contribution is -2.34. The number of nitriles is 1. The summed E-state index contributed by atoms with van der Waals surface area (Å²) in [7, 11) is 0. The minimum atomic E-state index is 0.0817. The van der Waals surface area contributed by atoms with Gasteiger partial charge in [-0.2, -0.15) is 5.26 Å². The van der Waals surface area contributed by atoms with Crippen molar-refractivity contribution in [1.29, 1.82) is 5.26 Å². The maximum absolute atomic E-state index is 9.51. The fraction of sp³-hybridized carbons (Fsp3) is 0.929. The lowest BCUT2D eigenvalue weighted by Gasteiger charge is -2.41. The van der Waals surface area contributed by atoms with Crippen LogP contribution in [0.4, 0.5) is 0 Å². The second kappa shape index (κ2) is 4.56. The Bertz CT molecular complexity index is 237. The van der Waals surface area contributed by atoms with E-state index in [0.29, 0.717) is 0 Å². The van der Waals surface area contributed by atoms with Gasteiger partial charge in [0.2, 0.25) is 0 Å². The highest BCUT2D eigenvalue weighted by Gasteiger charge is 2.40. The minimum absolute atomic E-state index is 0.0817. The van der Waals surface area contributed by atoms with Crippen LogP contribution in [0.25, 0.3) is 0 Å². The zero-order chi connectivity index (χ0) is 10.7. The fourth-order valence-corrected chi connectivity index (χ4v) is 3.61. The maximum atomic E-state index is 9.51. The van der Waals surface area contributed by atoms with Crippen LogP contribution in [0.2, 0.25) is 0 Å². The fourth-order valence-electron chi connectivity index (χ4n) is 3.61. The molecule has 2 saturated carbocycles. The van der Waals surface area contributed by atoms with Gasteiger partial charge in [-0.3, -0.25) is 0 Å². The Labute approximate surface area is 93.9 Å². The van der Waals surface area contributed by atoms with Crippen molar-refractivity contribution in [3.63, 3.8) is 0 Å². The number of hydrogen-bond acceptors (Lipinski definition) is 1. The molecule has 0 spiro atoms. The van der Waals surface area contributed by atoms with E-state index in [1.54, 1.807) is 0 Å². The van der Waals surface area contributed by atoms with Crippen molar-refractivity contribution >= 4 is 0 Å². The first kappa shape index (κ1) is 11.0. The summed E-state index contributed by atoms with van der Waals surface area (Å²) in [6.45, 7) is 2.36. The van der Waals surface area contributed by atoms with E-state index >= 15 is 0 Å². The first-order chi connectivity index (χ1) is 7.27. The van der Waals surface area contributed by atoms with Crippen molar-refractivity contribution < 1.29 is 0 Å². The summed E-state index contributed by atoms with van der Waals surface area (Å²) in [6.07, 6.45) is 11.6. The Kier molecular flexibility index (Phi) is 3.34. The van der Waals surface area contributed by atoms with E-state index in [-0.39, 0.29) is 5.41 Å². The quantitative estimate of drug-likeness (QED) is 0.626. The second-order valence-electron chi connectivity index (χ2n) is 5.79. The molecule has 2 rings (SSSR count). The molecule has 0 aliphatic heterocycles. The largest absolute Gasteiger partial charge is 0.198 e. The highest BCUT2D eigenvalue weighted by molar-refractivity contribution is 5.05. The molecule has 0 aromatic rings. The first-order valence-electron chi connectivity index (χ1n) is 6.68. The Balaban J connectivity index is 2.03. The van der Waals surface area contributed by atoms with Crippen molar-refractivity contribution in [2.75, 3.05) is 0 Å². The van der Waals surface area contributed by atoms with Crippen LogP contribution in [0.5, 0.6) is 0 Å². The lowest BCUT2D eigenvalue weighted by atomic mass is 9.61. The van der Waals surface area contributed by atoms with Gasteiger partial charge < -0.3 is 0 Å². The van der Waals surface area contributed by atoms with Crippen LogP contribution in [-0.4, -0.2) is 0 Å². The van der Waals surface area contributed by atoms with Gasteiger partial charge in [-0.25, -0.2) is 0 Å². The molecule has 0 radical (unpaired) electrons. The SMILES string of the molecule is CC1CCC(C2(C#N)CCCCC2)CC1. The van der Waals surface area contributed by atoms with E-state index in [9.17, 15) is 5.26 Å². The van der Waals surface area contributed by atoms with E-state index < -0.39 is 0 Å². The Morgan fingerprint density at radius 1 is 1.00 bits per heavy atom. The van der Waals surface area contributed by atoms with Gasteiger partial charge in [-0.1, -0.05) is 39.0 Å². The molecule has 0 aromatic carbocycles. The zero-order valence-corrected chi connectivity index (χ0v) is 9.97. The molecular formula is C14H23N. The van der Waals surface area contributed by atoms with Crippen LogP contribution in [0.3, 0.4) is 0 Å². The summed E-state index contributed by atoms with van der Waals surface area (Å²) in [6, 6.07) is 2.70. The van der Waals surface area contributed by atoms with Gasteiger partial charge in [0.05, 0.1) is 11.5 Å². The molecule has 0 saturated heterocycles. The Morgan fingerprint density at radius 3 is 2.13 bits per heavy atom. The van der Waals surface area contributed by atoms with Gasteiger partial charge in [0.25, 0.3) is 0 Å². The first-order valence-corrected chi connectivity index (χ1v) is 6.68. The highest BCUT2D eigenvalue weighted by Crippen LogP contribution is 2.48. The molecule has 15 heavy (non-hydrogen) atoms. The third-order valence-corrected chi connectivity index (χ3v) is 4.77. The molecule has 0 amide bonds. The smallest absolute Gasteiger partial charge is 0.0692 e. The van der Waals surface area contributed by atoms with Crippen molar-refractivity contribution in [2.24, 2.45) is 17.3 Å². The van der Waals surface area contributed by atoms with E-state index in [1.165, 1.54) is 57.8 Å². The molecule has 0 N–H and O–H groups in total. The molecule has 1 nitrogen and oxygen atoms in total. The molecule has 2 fully saturated rings. The molecule has 84 valence electrons. The molecule has 0 atom stereocenters. The normalized spacial score (nSPS) is 35.7. The van der Waals surface area contributed by atoms with Gasteiger partial charge in [0, 0.05) is 0 Å². The summed E-state index contributed by atoms with van der Waals surface area (Å²) >= 11 is 0. The maximum Gasteiger partial charge on any atom is 0.0692 e. The molecule has 0 unspecified atom stereocenters. The van der Waals surface area contributed by atoms with Crippen LogP contribution < -0.4 is 0 Å². The summed E-state index contributed by atoms with van der Waals surface area (Å²) in [5.74, 6) is 1.62. The van der Waals surface area contributed by atoms with Gasteiger partial charge in [-0.05, 0) is 37.5 Å². The highest BCUT2D eigenvalue weighted by atomic mass is 14.5. The molecule has 1 heteroatoms. The lowest BCUT2D eigenvalue weighted by molar-refractivity contribution is 0.111. The summed E-state index contributed by atoms with van der Waals surface area (Å²) in [5, 5.41) is 9.51. The molecule has 2 aliphatic carbocycles. The zero-order valence-electron chi connectivity index (χ0n) is 9.97. The summed E-state index contributed by atoms with van der Waals surface area (Å²) < 4.78 is 0. The predicted molar refractivity (Wildman–Crippen MR) is 62.3 cm³/mol. The van der Waals surface area contributed by atoms with Crippen molar-refractivity contribution in [3.05, 3.63) is 0 Å². The van der Waals surface area contributed by atoms with E-state index in [1.807, 2.05) is 0 Å². The van der Waals surface area contributed by atoms with E-state index in [0.717, 1.165) is 11.8 Å². The van der Waals surface area contributed by atoms with Crippen molar-refractivity contribution in [1.82, 2.24) is 0 Å². The average Bonchev–Trinajstić information content (AvgIpc) is 2.31. The van der Waals surface area contributed by atoms with Gasteiger partial charge >= 0.3 is 0 Å². The van der Waals surface area contributed by atoms with Gasteiger partial charge in [-0.15, -0.1) is 0 Å². The minimum Gasteiger partial charge on any atom is -0.198 e. The average molecular weight is 205 g/mol. The van der Waals surface area contributed by atoms with E-state index in [4.69, 9.17) is 0 Å². The Hall–Kier alpha value is -0.510. The number of hydrogen-bond donors (Lipinski definition) is 0. The summed E-state index contributed by atoms with van der Waals surface area (Å²) in [5.41, 5.74) is 0.0817. The van der Waals surface area contributed by atoms with Gasteiger partial charge in [0.1, 0.15) is 0 Å². The Morgan fingerprint density at radius 2 is 1.60 bits per heavy atom. The molecule has 0 bridgehead atoms. The van der Waals surface area contributed by atoms with Crippen LogP contribution in [-0.2, 0) is 0 Å². The summed E-state index contributed by atoms with van der Waals surface area (Å²) in [4.78, 5) is 0. The van der Waals surface area contributed by atoms with Crippen molar-refractivity contribution in [3.8, 4) is 6.07 Å². The second-order valence-corrected chi connectivity index (χ2v) is 5.79. The van der Waals surface area contributed by atoms with Crippen molar-refractivity contribution in [2.45, 2.75) is 64.7 Å². The molecule has 0 heterocycles. The van der Waals surface area contributed by atoms with E-state index in [2.05, 4.69) is 13.0 Å². The standard InChI is InChI=1S/C14H23N/c1-12-5-7-13(8-6-12)14(11-15)9-3-2-4-10-14/h12-13H,2-10H2,1H3. The van der Waals surface area contributed by atoms with Gasteiger partial charge in [0.15, 0.2) is 0 Å². The number of rotatable bonds is 1. The molecular weight excluding hydrogens is 182 g/mol.